The van der Waals surface area contributed by atoms with Gasteiger partial charge in [0.15, 0.2) is 0 Å². The maximum absolute atomic E-state index is 8.99. The third-order valence-corrected chi connectivity index (χ3v) is 5.01. The van der Waals surface area contributed by atoms with Crippen molar-refractivity contribution in [3.05, 3.63) is 28.2 Å². The SMILES string of the molecule is CSC1CCCCC1Nc1cc(Br)cc(C#N)c1. The zero-order valence-corrected chi connectivity index (χ0v) is 12.9. The molecule has 4 heteroatoms. The van der Waals surface area contributed by atoms with E-state index in [1.165, 1.54) is 25.7 Å². The molecule has 0 saturated heterocycles. The van der Waals surface area contributed by atoms with Crippen LogP contribution in [-0.2, 0) is 0 Å². The minimum Gasteiger partial charge on any atom is -0.381 e. The predicted octanol–water partition coefficient (Wildman–Crippen LogP) is 4.41. The average Bonchev–Trinajstić information content (AvgIpc) is 2.38. The first kappa shape index (κ1) is 13.8. The Hall–Kier alpha value is -0.660. The number of nitrogens with zero attached hydrogens (tertiary/aromatic N) is 1. The Bertz CT molecular complexity index is 456. The van der Waals surface area contributed by atoms with Gasteiger partial charge in [-0.25, -0.2) is 0 Å². The number of anilines is 1. The quantitative estimate of drug-likeness (QED) is 0.894. The van der Waals surface area contributed by atoms with E-state index in [1.54, 1.807) is 0 Å². The number of rotatable bonds is 3. The Morgan fingerprint density at radius 3 is 2.83 bits per heavy atom. The highest BCUT2D eigenvalue weighted by Gasteiger charge is 2.24. The average molecular weight is 325 g/mol. The number of nitrogens with one attached hydrogen (secondary N) is 1. The van der Waals surface area contributed by atoms with Gasteiger partial charge in [0.2, 0.25) is 0 Å². The van der Waals surface area contributed by atoms with Crippen LogP contribution in [0, 0.1) is 11.3 Å². The molecule has 0 aromatic heterocycles. The number of benzene rings is 1. The summed E-state index contributed by atoms with van der Waals surface area (Å²) in [5.41, 5.74) is 1.75. The molecule has 1 fully saturated rings. The van der Waals surface area contributed by atoms with Crippen molar-refractivity contribution in [3.63, 3.8) is 0 Å². The number of halogens is 1. The molecular formula is C14H17BrN2S. The molecule has 1 N–H and O–H groups in total. The third kappa shape index (κ3) is 3.43. The van der Waals surface area contributed by atoms with Gasteiger partial charge in [-0.15, -0.1) is 0 Å². The molecular weight excluding hydrogens is 308 g/mol. The highest BCUT2D eigenvalue weighted by atomic mass is 79.9. The fraction of sp³-hybridized carbons (Fsp3) is 0.500. The summed E-state index contributed by atoms with van der Waals surface area (Å²) in [4.78, 5) is 0. The summed E-state index contributed by atoms with van der Waals surface area (Å²) in [6.45, 7) is 0. The van der Waals surface area contributed by atoms with Crippen molar-refractivity contribution < 1.29 is 0 Å². The Labute approximate surface area is 121 Å². The van der Waals surface area contributed by atoms with E-state index in [4.69, 9.17) is 5.26 Å². The molecule has 0 aliphatic heterocycles. The lowest BCUT2D eigenvalue weighted by Gasteiger charge is -2.31. The second kappa shape index (κ2) is 6.49. The van der Waals surface area contributed by atoms with Crippen molar-refractivity contribution in [1.82, 2.24) is 0 Å². The van der Waals surface area contributed by atoms with Crippen LogP contribution in [0.15, 0.2) is 22.7 Å². The van der Waals surface area contributed by atoms with Crippen molar-refractivity contribution in [1.29, 1.82) is 5.26 Å². The maximum atomic E-state index is 8.99. The second-order valence-electron chi connectivity index (χ2n) is 4.65. The Balaban J connectivity index is 2.12. The molecule has 1 saturated carbocycles. The normalized spacial score (nSPS) is 23.4. The van der Waals surface area contributed by atoms with E-state index in [9.17, 15) is 0 Å². The highest BCUT2D eigenvalue weighted by Crippen LogP contribution is 2.30. The maximum Gasteiger partial charge on any atom is 0.0992 e. The summed E-state index contributed by atoms with van der Waals surface area (Å²) in [6.07, 6.45) is 7.34. The smallest absolute Gasteiger partial charge is 0.0992 e. The van der Waals surface area contributed by atoms with Gasteiger partial charge in [-0.05, 0) is 37.3 Å². The molecule has 0 radical (unpaired) electrons. The molecule has 96 valence electrons. The molecule has 0 amide bonds. The zero-order chi connectivity index (χ0) is 13.0. The molecule has 0 spiro atoms. The van der Waals surface area contributed by atoms with Gasteiger partial charge in [0.25, 0.3) is 0 Å². The van der Waals surface area contributed by atoms with E-state index < -0.39 is 0 Å². The van der Waals surface area contributed by atoms with Crippen LogP contribution in [0.4, 0.5) is 5.69 Å². The van der Waals surface area contributed by atoms with Crippen LogP contribution in [0.1, 0.15) is 31.2 Å². The molecule has 1 aliphatic rings. The molecule has 2 unspecified atom stereocenters. The minimum atomic E-state index is 0.523. The van der Waals surface area contributed by atoms with Gasteiger partial charge in [0.05, 0.1) is 11.6 Å². The van der Waals surface area contributed by atoms with Crippen molar-refractivity contribution in [2.24, 2.45) is 0 Å². The summed E-state index contributed by atoms with van der Waals surface area (Å²) < 4.78 is 0.959. The Kier molecular flexibility index (Phi) is 4.96. The molecule has 2 atom stereocenters. The highest BCUT2D eigenvalue weighted by molar-refractivity contribution is 9.10. The third-order valence-electron chi connectivity index (χ3n) is 3.38. The first-order valence-electron chi connectivity index (χ1n) is 6.23. The lowest BCUT2D eigenvalue weighted by atomic mass is 9.94. The molecule has 1 aromatic carbocycles. The summed E-state index contributed by atoms with van der Waals surface area (Å²) in [5.74, 6) is 0. The van der Waals surface area contributed by atoms with E-state index in [2.05, 4.69) is 33.6 Å². The first-order valence-corrected chi connectivity index (χ1v) is 8.31. The fourth-order valence-electron chi connectivity index (χ4n) is 2.50. The van der Waals surface area contributed by atoms with Crippen LogP contribution in [-0.4, -0.2) is 17.5 Å². The lowest BCUT2D eigenvalue weighted by molar-refractivity contribution is 0.475. The minimum absolute atomic E-state index is 0.523. The number of hydrogen-bond acceptors (Lipinski definition) is 3. The van der Waals surface area contributed by atoms with Crippen molar-refractivity contribution in [3.8, 4) is 6.07 Å². The van der Waals surface area contributed by atoms with E-state index in [0.29, 0.717) is 16.9 Å². The van der Waals surface area contributed by atoms with Gasteiger partial charge in [-0.1, -0.05) is 28.8 Å². The largest absolute Gasteiger partial charge is 0.381 e. The summed E-state index contributed by atoms with van der Waals surface area (Å²) in [7, 11) is 0. The van der Waals surface area contributed by atoms with E-state index >= 15 is 0 Å². The fourth-order valence-corrected chi connectivity index (χ4v) is 3.92. The molecule has 0 bridgehead atoms. The number of hydrogen-bond donors (Lipinski definition) is 1. The van der Waals surface area contributed by atoms with E-state index in [-0.39, 0.29) is 0 Å². The standard InChI is InChI=1S/C14H17BrN2S/c1-18-14-5-3-2-4-13(14)17-12-7-10(9-16)6-11(15)8-12/h6-8,13-14,17H,2-5H2,1H3. The molecule has 2 nitrogen and oxygen atoms in total. The summed E-state index contributed by atoms with van der Waals surface area (Å²) >= 11 is 5.40. The van der Waals surface area contributed by atoms with Gasteiger partial charge >= 0.3 is 0 Å². The van der Waals surface area contributed by atoms with Gasteiger partial charge in [-0.3, -0.25) is 0 Å². The molecule has 0 heterocycles. The Morgan fingerprint density at radius 2 is 2.11 bits per heavy atom. The first-order chi connectivity index (χ1) is 8.72. The van der Waals surface area contributed by atoms with Gasteiger partial charge in [0.1, 0.15) is 0 Å². The predicted molar refractivity (Wildman–Crippen MR) is 82.0 cm³/mol. The van der Waals surface area contributed by atoms with Crippen LogP contribution in [0.3, 0.4) is 0 Å². The summed E-state index contributed by atoms with van der Waals surface area (Å²) in [6, 6.07) is 8.54. The number of nitriles is 1. The Morgan fingerprint density at radius 1 is 1.33 bits per heavy atom. The van der Waals surface area contributed by atoms with Crippen molar-refractivity contribution in [2.45, 2.75) is 37.0 Å². The van der Waals surface area contributed by atoms with Crippen LogP contribution in [0.25, 0.3) is 0 Å². The lowest BCUT2D eigenvalue weighted by Crippen LogP contribution is -2.34. The molecule has 1 aromatic rings. The van der Waals surface area contributed by atoms with Crippen LogP contribution in [0.5, 0.6) is 0 Å². The van der Waals surface area contributed by atoms with Crippen LogP contribution in [0.2, 0.25) is 0 Å². The zero-order valence-electron chi connectivity index (χ0n) is 10.4. The monoisotopic (exact) mass is 324 g/mol. The second-order valence-corrected chi connectivity index (χ2v) is 6.64. The molecule has 2 rings (SSSR count). The number of thioether (sulfide) groups is 1. The van der Waals surface area contributed by atoms with Crippen molar-refractivity contribution in [2.75, 3.05) is 11.6 Å². The van der Waals surface area contributed by atoms with Crippen molar-refractivity contribution >= 4 is 33.4 Å². The molecule has 1 aliphatic carbocycles. The van der Waals surface area contributed by atoms with Crippen LogP contribution < -0.4 is 5.32 Å². The summed E-state index contributed by atoms with van der Waals surface area (Å²) in [5, 5.41) is 13.3. The van der Waals surface area contributed by atoms with Gasteiger partial charge < -0.3 is 5.32 Å². The molecule has 18 heavy (non-hydrogen) atoms. The van der Waals surface area contributed by atoms with Gasteiger partial charge in [0, 0.05) is 21.5 Å². The van der Waals surface area contributed by atoms with E-state index in [0.717, 1.165) is 10.2 Å². The topological polar surface area (TPSA) is 35.8 Å². The van der Waals surface area contributed by atoms with E-state index in [1.807, 2.05) is 30.0 Å². The van der Waals surface area contributed by atoms with Gasteiger partial charge in [-0.2, -0.15) is 17.0 Å². The van der Waals surface area contributed by atoms with Crippen LogP contribution >= 0.6 is 27.7 Å².